The van der Waals surface area contributed by atoms with E-state index >= 15 is 0 Å². The van der Waals surface area contributed by atoms with Crippen LogP contribution in [0.3, 0.4) is 0 Å². The summed E-state index contributed by atoms with van der Waals surface area (Å²) in [5.41, 5.74) is 1.60. The third kappa shape index (κ3) is 4.11. The fourth-order valence-electron chi connectivity index (χ4n) is 2.67. The van der Waals surface area contributed by atoms with Crippen LogP contribution in [0.2, 0.25) is 0 Å². The second kappa shape index (κ2) is 7.92. The summed E-state index contributed by atoms with van der Waals surface area (Å²) in [6, 6.07) is 7.46. The molecule has 130 valence electrons. The maximum absolute atomic E-state index is 12.4. The minimum atomic E-state index is -0.517. The maximum atomic E-state index is 12.4. The van der Waals surface area contributed by atoms with Crippen molar-refractivity contribution in [3.8, 4) is 0 Å². The van der Waals surface area contributed by atoms with Gasteiger partial charge in [0.1, 0.15) is 6.10 Å². The predicted octanol–water partition coefficient (Wildman–Crippen LogP) is 1.13. The molecule has 0 saturated heterocycles. The number of para-hydroxylation sites is 1. The molecule has 2 amide bonds. The van der Waals surface area contributed by atoms with Gasteiger partial charge >= 0.3 is 5.97 Å². The summed E-state index contributed by atoms with van der Waals surface area (Å²) in [4.78, 5) is 38.7. The van der Waals surface area contributed by atoms with Crippen molar-refractivity contribution in [3.05, 3.63) is 29.8 Å². The number of hydrogen-bond acceptors (Lipinski definition) is 5. The van der Waals surface area contributed by atoms with Gasteiger partial charge in [0, 0.05) is 45.3 Å². The number of anilines is 1. The van der Waals surface area contributed by atoms with Crippen molar-refractivity contribution in [2.45, 2.75) is 19.4 Å². The SMILES string of the molecule is COC1CN(C(=O)COC(C)=O)CCC(=O)N(C)c2ccccc21. The van der Waals surface area contributed by atoms with Crippen LogP contribution in [0.1, 0.15) is 25.0 Å². The van der Waals surface area contributed by atoms with Crippen LogP contribution < -0.4 is 4.90 Å². The first kappa shape index (κ1) is 17.9. The van der Waals surface area contributed by atoms with Crippen molar-refractivity contribution in [1.82, 2.24) is 4.90 Å². The van der Waals surface area contributed by atoms with E-state index in [1.165, 1.54) is 11.8 Å². The Morgan fingerprint density at radius 2 is 2.00 bits per heavy atom. The zero-order valence-electron chi connectivity index (χ0n) is 14.2. The van der Waals surface area contributed by atoms with Gasteiger partial charge in [0.25, 0.3) is 5.91 Å². The Kier molecular flexibility index (Phi) is 5.92. The molecule has 0 fully saturated rings. The molecule has 7 nitrogen and oxygen atoms in total. The Balaban J connectivity index is 2.29. The van der Waals surface area contributed by atoms with Crippen LogP contribution in [-0.2, 0) is 23.9 Å². The van der Waals surface area contributed by atoms with Crippen molar-refractivity contribution in [3.63, 3.8) is 0 Å². The van der Waals surface area contributed by atoms with E-state index in [0.717, 1.165) is 11.3 Å². The number of nitrogens with zero attached hydrogens (tertiary/aromatic N) is 2. The lowest BCUT2D eigenvalue weighted by molar-refractivity contribution is -0.151. The monoisotopic (exact) mass is 334 g/mol. The first-order chi connectivity index (χ1) is 11.4. The highest BCUT2D eigenvalue weighted by molar-refractivity contribution is 5.94. The van der Waals surface area contributed by atoms with Crippen molar-refractivity contribution in [2.24, 2.45) is 0 Å². The number of esters is 1. The van der Waals surface area contributed by atoms with Gasteiger partial charge in [-0.05, 0) is 6.07 Å². The molecule has 1 aromatic rings. The number of amides is 2. The van der Waals surface area contributed by atoms with Crippen molar-refractivity contribution < 1.29 is 23.9 Å². The molecule has 0 aromatic heterocycles. The number of fused-ring (bicyclic) bond motifs is 1. The van der Waals surface area contributed by atoms with E-state index in [1.807, 2.05) is 24.3 Å². The van der Waals surface area contributed by atoms with Crippen LogP contribution in [0.5, 0.6) is 0 Å². The van der Waals surface area contributed by atoms with E-state index < -0.39 is 5.97 Å². The lowest BCUT2D eigenvalue weighted by Gasteiger charge is -2.26. The summed E-state index contributed by atoms with van der Waals surface area (Å²) < 4.78 is 10.3. The van der Waals surface area contributed by atoms with E-state index in [0.29, 0.717) is 0 Å². The number of methoxy groups -OCH3 is 1. The number of ether oxygens (including phenoxy) is 2. The molecule has 1 aliphatic rings. The fraction of sp³-hybridized carbons (Fsp3) is 0.471. The molecule has 24 heavy (non-hydrogen) atoms. The van der Waals surface area contributed by atoms with E-state index in [4.69, 9.17) is 9.47 Å². The van der Waals surface area contributed by atoms with Gasteiger partial charge in [-0.2, -0.15) is 0 Å². The minimum absolute atomic E-state index is 0.0931. The predicted molar refractivity (Wildman–Crippen MR) is 87.4 cm³/mol. The molecule has 0 bridgehead atoms. The average Bonchev–Trinajstić information content (AvgIpc) is 2.63. The molecule has 0 saturated carbocycles. The van der Waals surface area contributed by atoms with Crippen LogP contribution in [0.4, 0.5) is 5.69 Å². The Morgan fingerprint density at radius 1 is 1.29 bits per heavy atom. The Morgan fingerprint density at radius 3 is 2.67 bits per heavy atom. The molecule has 0 N–H and O–H groups in total. The number of carbonyl (C=O) groups excluding carboxylic acids is 3. The molecular weight excluding hydrogens is 312 g/mol. The average molecular weight is 334 g/mol. The Hall–Kier alpha value is -2.41. The largest absolute Gasteiger partial charge is 0.456 e. The molecule has 1 atom stereocenters. The molecule has 1 heterocycles. The van der Waals surface area contributed by atoms with E-state index in [9.17, 15) is 14.4 Å². The lowest BCUT2D eigenvalue weighted by Crippen LogP contribution is -2.39. The van der Waals surface area contributed by atoms with E-state index in [2.05, 4.69) is 0 Å². The highest BCUT2D eigenvalue weighted by Crippen LogP contribution is 2.30. The van der Waals surface area contributed by atoms with Gasteiger partial charge in [0.05, 0.1) is 6.54 Å². The van der Waals surface area contributed by atoms with Crippen LogP contribution >= 0.6 is 0 Å². The maximum Gasteiger partial charge on any atom is 0.303 e. The van der Waals surface area contributed by atoms with Crippen molar-refractivity contribution in [2.75, 3.05) is 38.8 Å². The molecule has 1 aromatic carbocycles. The normalized spacial score (nSPS) is 18.3. The summed E-state index contributed by atoms with van der Waals surface area (Å²) in [5.74, 6) is -0.955. The summed E-state index contributed by atoms with van der Waals surface area (Å²) in [6.07, 6.45) is -0.191. The van der Waals surface area contributed by atoms with Gasteiger partial charge in [0.2, 0.25) is 5.91 Å². The van der Waals surface area contributed by atoms with E-state index in [-0.39, 0.29) is 44.0 Å². The number of hydrogen-bond donors (Lipinski definition) is 0. The standard InChI is InChI=1S/C17H22N2O5/c1-12(20)24-11-17(22)19-9-8-16(21)18(2)14-7-5-4-6-13(14)15(10-19)23-3/h4-7,15H,8-11H2,1-3H3. The summed E-state index contributed by atoms with van der Waals surface area (Å²) in [6.45, 7) is 1.45. The molecule has 1 unspecified atom stereocenters. The third-order valence-electron chi connectivity index (χ3n) is 4.04. The van der Waals surface area contributed by atoms with Crippen molar-refractivity contribution in [1.29, 1.82) is 0 Å². The zero-order chi connectivity index (χ0) is 17.7. The van der Waals surface area contributed by atoms with Crippen LogP contribution in [0.15, 0.2) is 24.3 Å². The molecule has 0 aliphatic carbocycles. The molecule has 0 radical (unpaired) electrons. The van der Waals surface area contributed by atoms with Gasteiger partial charge in [-0.25, -0.2) is 0 Å². The summed E-state index contributed by atoms with van der Waals surface area (Å²) in [7, 11) is 3.28. The smallest absolute Gasteiger partial charge is 0.303 e. The van der Waals surface area contributed by atoms with Gasteiger partial charge in [0.15, 0.2) is 6.61 Å². The van der Waals surface area contributed by atoms with Gasteiger partial charge in [-0.1, -0.05) is 18.2 Å². The number of rotatable bonds is 3. The first-order valence-electron chi connectivity index (χ1n) is 7.73. The lowest BCUT2D eigenvalue weighted by atomic mass is 10.1. The molecule has 7 heteroatoms. The number of benzene rings is 1. The Labute approximate surface area is 141 Å². The van der Waals surface area contributed by atoms with Crippen LogP contribution in [0, 0.1) is 0 Å². The highest BCUT2D eigenvalue weighted by atomic mass is 16.5. The Bertz CT molecular complexity index is 631. The molecule has 2 rings (SSSR count). The molecular formula is C17H22N2O5. The summed E-state index contributed by atoms with van der Waals surface area (Å²) in [5, 5.41) is 0. The second-order valence-corrected chi connectivity index (χ2v) is 5.61. The van der Waals surface area contributed by atoms with Gasteiger partial charge < -0.3 is 19.3 Å². The molecule has 1 aliphatic heterocycles. The van der Waals surface area contributed by atoms with Crippen LogP contribution in [-0.4, -0.2) is 56.5 Å². The van der Waals surface area contributed by atoms with Gasteiger partial charge in [-0.3, -0.25) is 14.4 Å². The van der Waals surface area contributed by atoms with Gasteiger partial charge in [-0.15, -0.1) is 0 Å². The quantitative estimate of drug-likeness (QED) is 0.775. The number of carbonyl (C=O) groups is 3. The van der Waals surface area contributed by atoms with E-state index in [1.54, 1.807) is 19.1 Å². The fourth-order valence-corrected chi connectivity index (χ4v) is 2.67. The second-order valence-electron chi connectivity index (χ2n) is 5.61. The molecule has 0 spiro atoms. The third-order valence-corrected chi connectivity index (χ3v) is 4.04. The summed E-state index contributed by atoms with van der Waals surface area (Å²) >= 11 is 0. The van der Waals surface area contributed by atoms with Crippen molar-refractivity contribution >= 4 is 23.5 Å². The minimum Gasteiger partial charge on any atom is -0.456 e. The first-order valence-corrected chi connectivity index (χ1v) is 7.73. The zero-order valence-corrected chi connectivity index (χ0v) is 14.2. The van der Waals surface area contributed by atoms with Crippen LogP contribution in [0.25, 0.3) is 0 Å². The highest BCUT2D eigenvalue weighted by Gasteiger charge is 2.27. The topological polar surface area (TPSA) is 76.1 Å².